The Morgan fingerprint density at radius 2 is 1.46 bits per heavy atom. The number of carbonyl (C=O) groups is 1. The summed E-state index contributed by atoms with van der Waals surface area (Å²) in [4.78, 5) is 13.1. The SMILES string of the molecule is CC(C)(C)c1cc2ccc3cc(C(C)(C)C)c(OS(=O)(=O)C[C@@]45CC[C@H](CC4=O)C5(C)C)c4ccc(c1)c2c34. The molecule has 39 heavy (non-hydrogen) atoms. The van der Waals surface area contributed by atoms with Crippen LogP contribution in [-0.4, -0.2) is 20.0 Å². The van der Waals surface area contributed by atoms with Gasteiger partial charge in [-0.3, -0.25) is 4.79 Å². The van der Waals surface area contributed by atoms with Gasteiger partial charge in [-0.05, 0) is 74.2 Å². The highest BCUT2D eigenvalue weighted by Crippen LogP contribution is 2.64. The molecule has 5 heteroatoms. The fourth-order valence-corrected chi connectivity index (χ4v) is 9.29. The molecule has 0 heterocycles. The largest absolute Gasteiger partial charge is 0.381 e. The van der Waals surface area contributed by atoms with Crippen molar-refractivity contribution < 1.29 is 17.4 Å². The summed E-state index contributed by atoms with van der Waals surface area (Å²) in [6.07, 6.45) is 1.99. The van der Waals surface area contributed by atoms with Crippen LogP contribution in [0.1, 0.15) is 85.8 Å². The van der Waals surface area contributed by atoms with Crippen molar-refractivity contribution in [2.75, 3.05) is 5.75 Å². The third kappa shape index (κ3) is 3.83. The number of fused-ring (bicyclic) bond motifs is 2. The Morgan fingerprint density at radius 3 is 1.97 bits per heavy atom. The van der Waals surface area contributed by atoms with Crippen LogP contribution in [0.15, 0.2) is 42.5 Å². The Hall–Kier alpha value is -2.66. The standard InChI is InChI=1S/C34H40O4S/c1-31(2,3)24-15-20-9-10-22-17-26(32(4,5)6)30(25-12-11-21(16-24)28(20)29(22)25)38-39(36,37)19-34-14-13-23(18-27(34)35)33(34,7)8/h9-12,15-17,23H,13-14,18-19H2,1-8H3/t23-,34+/m1/s1. The van der Waals surface area contributed by atoms with Crippen molar-refractivity contribution in [2.24, 2.45) is 16.7 Å². The predicted octanol–water partition coefficient (Wildman–Crippen LogP) is 8.28. The molecule has 6 rings (SSSR count). The van der Waals surface area contributed by atoms with Crippen LogP contribution in [0.25, 0.3) is 32.3 Å². The predicted molar refractivity (Wildman–Crippen MR) is 161 cm³/mol. The van der Waals surface area contributed by atoms with E-state index in [9.17, 15) is 13.2 Å². The summed E-state index contributed by atoms with van der Waals surface area (Å²) < 4.78 is 33.9. The normalized spacial score (nSPS) is 23.5. The number of carbonyl (C=O) groups excluding carboxylic acids is 1. The molecule has 4 nitrogen and oxygen atoms in total. The highest BCUT2D eigenvalue weighted by molar-refractivity contribution is 7.87. The van der Waals surface area contributed by atoms with Gasteiger partial charge in [0.15, 0.2) is 5.75 Å². The van der Waals surface area contributed by atoms with Crippen LogP contribution in [0.2, 0.25) is 0 Å². The van der Waals surface area contributed by atoms with Crippen molar-refractivity contribution in [3.63, 3.8) is 0 Å². The molecule has 2 saturated carbocycles. The maximum absolute atomic E-state index is 13.9. The molecular weight excluding hydrogens is 504 g/mol. The third-order valence-electron chi connectivity index (χ3n) is 10.1. The van der Waals surface area contributed by atoms with Gasteiger partial charge < -0.3 is 4.18 Å². The molecule has 2 aliphatic rings. The highest BCUT2D eigenvalue weighted by Gasteiger charge is 2.65. The Labute approximate surface area is 232 Å². The van der Waals surface area contributed by atoms with Crippen molar-refractivity contribution in [2.45, 2.75) is 85.5 Å². The number of hydrogen-bond donors (Lipinski definition) is 0. The molecule has 2 fully saturated rings. The average Bonchev–Trinajstić information content (AvgIpc) is 3.15. The van der Waals surface area contributed by atoms with Crippen LogP contribution in [0.5, 0.6) is 5.75 Å². The zero-order chi connectivity index (χ0) is 28.3. The number of ketones is 1. The summed E-state index contributed by atoms with van der Waals surface area (Å²) >= 11 is 0. The Bertz CT molecular complexity index is 1750. The van der Waals surface area contributed by atoms with Gasteiger partial charge in [-0.1, -0.05) is 85.7 Å². The van der Waals surface area contributed by atoms with Gasteiger partial charge in [-0.25, -0.2) is 0 Å². The van der Waals surface area contributed by atoms with Gasteiger partial charge in [0.1, 0.15) is 5.78 Å². The second kappa shape index (κ2) is 7.96. The fraction of sp³-hybridized carbons (Fsp3) is 0.500. The molecule has 0 amide bonds. The van der Waals surface area contributed by atoms with E-state index in [0.29, 0.717) is 18.6 Å². The summed E-state index contributed by atoms with van der Waals surface area (Å²) in [6, 6.07) is 15.0. The van der Waals surface area contributed by atoms with Gasteiger partial charge in [-0.15, -0.1) is 0 Å². The number of hydrogen-bond acceptors (Lipinski definition) is 4. The zero-order valence-electron chi connectivity index (χ0n) is 24.5. The molecule has 0 aliphatic heterocycles. The van der Waals surface area contributed by atoms with Crippen molar-refractivity contribution in [1.82, 2.24) is 0 Å². The van der Waals surface area contributed by atoms with Crippen LogP contribution in [-0.2, 0) is 25.7 Å². The Morgan fingerprint density at radius 1 is 0.872 bits per heavy atom. The molecule has 4 aromatic rings. The molecule has 0 spiro atoms. The molecule has 0 N–H and O–H groups in total. The first-order chi connectivity index (χ1) is 17.9. The first-order valence-corrected chi connectivity index (χ1v) is 15.7. The molecule has 0 aromatic heterocycles. The minimum atomic E-state index is -4.06. The third-order valence-corrected chi connectivity index (χ3v) is 11.4. The van der Waals surface area contributed by atoms with Gasteiger partial charge in [0.05, 0.1) is 11.2 Å². The van der Waals surface area contributed by atoms with E-state index >= 15 is 0 Å². The van der Waals surface area contributed by atoms with Crippen LogP contribution in [0, 0.1) is 16.7 Å². The summed E-state index contributed by atoms with van der Waals surface area (Å²) in [6.45, 7) is 17.0. The van der Waals surface area contributed by atoms with Gasteiger partial charge in [0.2, 0.25) is 0 Å². The maximum atomic E-state index is 13.9. The minimum Gasteiger partial charge on any atom is -0.381 e. The first-order valence-electron chi connectivity index (χ1n) is 14.2. The Kier molecular flexibility index (Phi) is 5.42. The molecule has 0 unspecified atom stereocenters. The summed E-state index contributed by atoms with van der Waals surface area (Å²) in [5, 5.41) is 6.32. The van der Waals surface area contributed by atoms with Crippen LogP contribution >= 0.6 is 0 Å². The van der Waals surface area contributed by atoms with Crippen molar-refractivity contribution in [3.05, 3.63) is 53.6 Å². The van der Waals surface area contributed by atoms with E-state index in [1.165, 1.54) is 5.56 Å². The Balaban J connectivity index is 1.55. The van der Waals surface area contributed by atoms with Crippen molar-refractivity contribution >= 4 is 48.2 Å². The van der Waals surface area contributed by atoms with Crippen LogP contribution < -0.4 is 4.18 Å². The van der Waals surface area contributed by atoms with E-state index in [1.54, 1.807) is 0 Å². The van der Waals surface area contributed by atoms with Gasteiger partial charge in [-0.2, -0.15) is 8.42 Å². The maximum Gasteiger partial charge on any atom is 0.310 e. The van der Waals surface area contributed by atoms with Crippen molar-refractivity contribution in [1.29, 1.82) is 0 Å². The van der Waals surface area contributed by atoms with Crippen LogP contribution in [0.4, 0.5) is 0 Å². The van der Waals surface area contributed by atoms with E-state index in [2.05, 4.69) is 91.8 Å². The lowest BCUT2D eigenvalue weighted by molar-refractivity contribution is -0.128. The lowest BCUT2D eigenvalue weighted by atomic mass is 9.70. The molecule has 0 radical (unpaired) electrons. The molecule has 206 valence electrons. The number of benzene rings is 4. The molecule has 2 aliphatic carbocycles. The monoisotopic (exact) mass is 544 g/mol. The van der Waals surface area contributed by atoms with E-state index in [-0.39, 0.29) is 33.7 Å². The minimum absolute atomic E-state index is 0.0102. The fourth-order valence-electron chi connectivity index (χ4n) is 7.52. The van der Waals surface area contributed by atoms with E-state index in [1.807, 2.05) is 6.07 Å². The molecule has 2 bridgehead atoms. The highest BCUT2D eigenvalue weighted by atomic mass is 32.2. The summed E-state index contributed by atoms with van der Waals surface area (Å²) in [5.41, 5.74) is 0.559. The number of rotatable bonds is 4. The second-order valence-electron chi connectivity index (χ2n) is 14.8. The first kappa shape index (κ1) is 26.6. The van der Waals surface area contributed by atoms with Gasteiger partial charge in [0.25, 0.3) is 0 Å². The van der Waals surface area contributed by atoms with Gasteiger partial charge >= 0.3 is 10.1 Å². The molecular formula is C34H40O4S. The molecule has 4 aromatic carbocycles. The summed E-state index contributed by atoms with van der Waals surface area (Å²) in [7, 11) is -4.06. The topological polar surface area (TPSA) is 60.4 Å². The average molecular weight is 545 g/mol. The lowest BCUT2D eigenvalue weighted by Crippen LogP contribution is -2.43. The number of Topliss-reactive ketones (excluding diaryl/α,β-unsaturated/α-hetero) is 1. The van der Waals surface area contributed by atoms with E-state index in [0.717, 1.165) is 44.3 Å². The molecule has 2 atom stereocenters. The van der Waals surface area contributed by atoms with Crippen LogP contribution in [0.3, 0.4) is 0 Å². The van der Waals surface area contributed by atoms with E-state index in [4.69, 9.17) is 4.18 Å². The zero-order valence-corrected chi connectivity index (χ0v) is 25.3. The molecule has 0 saturated heterocycles. The smallest absolute Gasteiger partial charge is 0.310 e. The van der Waals surface area contributed by atoms with Gasteiger partial charge in [0, 0.05) is 22.8 Å². The second-order valence-corrected chi connectivity index (χ2v) is 16.4. The lowest BCUT2D eigenvalue weighted by Gasteiger charge is -2.36. The summed E-state index contributed by atoms with van der Waals surface area (Å²) in [5.74, 6) is 0.469. The van der Waals surface area contributed by atoms with E-state index < -0.39 is 15.5 Å². The van der Waals surface area contributed by atoms with Crippen molar-refractivity contribution in [3.8, 4) is 5.75 Å². The quantitative estimate of drug-likeness (QED) is 0.192.